The topological polar surface area (TPSA) is 55.8 Å². The molecule has 1 aliphatic carbocycles. The van der Waals surface area contributed by atoms with Crippen LogP contribution < -0.4 is 4.90 Å². The van der Waals surface area contributed by atoms with E-state index in [1.807, 2.05) is 4.90 Å². The van der Waals surface area contributed by atoms with Crippen molar-refractivity contribution in [2.75, 3.05) is 63.8 Å². The van der Waals surface area contributed by atoms with E-state index < -0.39 is 0 Å². The van der Waals surface area contributed by atoms with Crippen LogP contribution in [0.25, 0.3) is 11.3 Å². The number of halogens is 1. The van der Waals surface area contributed by atoms with Gasteiger partial charge in [0.15, 0.2) is 0 Å². The zero-order valence-electron chi connectivity index (χ0n) is 19.4. The second kappa shape index (κ2) is 9.73. The van der Waals surface area contributed by atoms with E-state index >= 15 is 0 Å². The molecular weight excluding hydrogens is 419 g/mol. The van der Waals surface area contributed by atoms with Crippen LogP contribution in [0.2, 0.25) is 0 Å². The van der Waals surface area contributed by atoms with Crippen LogP contribution >= 0.6 is 0 Å². The van der Waals surface area contributed by atoms with Gasteiger partial charge in [0.1, 0.15) is 11.6 Å². The van der Waals surface area contributed by atoms with Gasteiger partial charge in [-0.1, -0.05) is 6.42 Å². The third-order valence-electron chi connectivity index (χ3n) is 7.41. The molecule has 1 amide bonds. The van der Waals surface area contributed by atoms with E-state index in [2.05, 4.69) is 24.7 Å². The number of carbonyl (C=O) groups is 1. The molecule has 2 aromatic rings. The number of aromatic nitrogens is 2. The lowest BCUT2D eigenvalue weighted by Crippen LogP contribution is -2.56. The first-order valence-electron chi connectivity index (χ1n) is 12.1. The molecule has 3 aliphatic rings. The number of hydrogen-bond donors (Lipinski definition) is 0. The molecule has 0 unspecified atom stereocenters. The summed E-state index contributed by atoms with van der Waals surface area (Å²) < 4.78 is 13.5. The standard InChI is InChI=1S/C25H33FN6O/c1-19-15-20(5-6-22(19)26)23-16-28-24(17-27-23)31-9-7-29(8-10-31)18-25(33)32-13-11-30(12-14-32)21-3-2-4-21/h5-6,15-17,21H,2-4,7-14,18H2,1H3. The average molecular weight is 453 g/mol. The Morgan fingerprint density at radius 2 is 1.76 bits per heavy atom. The Bertz CT molecular complexity index is 963. The molecule has 0 radical (unpaired) electrons. The summed E-state index contributed by atoms with van der Waals surface area (Å²) in [5, 5.41) is 0. The van der Waals surface area contributed by atoms with Crippen LogP contribution in [-0.2, 0) is 4.79 Å². The second-order valence-electron chi connectivity index (χ2n) is 9.49. The maximum Gasteiger partial charge on any atom is 0.236 e. The van der Waals surface area contributed by atoms with Crippen LogP contribution in [0.3, 0.4) is 0 Å². The van der Waals surface area contributed by atoms with Gasteiger partial charge in [-0.15, -0.1) is 0 Å². The quantitative estimate of drug-likeness (QED) is 0.695. The zero-order valence-corrected chi connectivity index (χ0v) is 19.4. The van der Waals surface area contributed by atoms with Crippen LogP contribution in [0.4, 0.5) is 10.2 Å². The lowest BCUT2D eigenvalue weighted by molar-refractivity contribution is -0.134. The van der Waals surface area contributed by atoms with Crippen molar-refractivity contribution in [3.05, 3.63) is 42.0 Å². The van der Waals surface area contributed by atoms with Crippen molar-refractivity contribution in [3.63, 3.8) is 0 Å². The van der Waals surface area contributed by atoms with Crippen molar-refractivity contribution in [1.29, 1.82) is 0 Å². The van der Waals surface area contributed by atoms with Gasteiger partial charge in [0.25, 0.3) is 0 Å². The molecular formula is C25H33FN6O. The van der Waals surface area contributed by atoms with Crippen LogP contribution in [0.15, 0.2) is 30.6 Å². The highest BCUT2D eigenvalue weighted by molar-refractivity contribution is 5.78. The molecule has 3 heterocycles. The van der Waals surface area contributed by atoms with Gasteiger partial charge in [0.2, 0.25) is 5.91 Å². The second-order valence-corrected chi connectivity index (χ2v) is 9.49. The molecule has 176 valence electrons. The third kappa shape index (κ3) is 5.01. The van der Waals surface area contributed by atoms with Crippen molar-refractivity contribution in [1.82, 2.24) is 24.7 Å². The number of rotatable bonds is 5. The Kier molecular flexibility index (Phi) is 6.55. The Labute approximate surface area is 195 Å². The molecule has 0 atom stereocenters. The Hall–Kier alpha value is -2.58. The summed E-state index contributed by atoms with van der Waals surface area (Å²) in [6.07, 6.45) is 7.56. The predicted octanol–water partition coefficient (Wildman–Crippen LogP) is 2.41. The van der Waals surface area contributed by atoms with Gasteiger partial charge in [-0.25, -0.2) is 9.37 Å². The number of hydrogen-bond acceptors (Lipinski definition) is 6. The lowest BCUT2D eigenvalue weighted by Gasteiger charge is -2.43. The van der Waals surface area contributed by atoms with Crippen molar-refractivity contribution < 1.29 is 9.18 Å². The van der Waals surface area contributed by atoms with Gasteiger partial charge in [0.05, 0.1) is 24.6 Å². The summed E-state index contributed by atoms with van der Waals surface area (Å²) >= 11 is 0. The van der Waals surface area contributed by atoms with Crippen molar-refractivity contribution in [2.24, 2.45) is 0 Å². The van der Waals surface area contributed by atoms with Gasteiger partial charge in [0, 0.05) is 64.0 Å². The lowest BCUT2D eigenvalue weighted by atomic mass is 9.91. The molecule has 1 aromatic heterocycles. The minimum atomic E-state index is -0.212. The van der Waals surface area contributed by atoms with Gasteiger partial charge in [-0.3, -0.25) is 19.6 Å². The van der Waals surface area contributed by atoms with Gasteiger partial charge in [-0.2, -0.15) is 0 Å². The first-order chi connectivity index (χ1) is 16.1. The van der Waals surface area contributed by atoms with E-state index in [1.54, 1.807) is 31.5 Å². The van der Waals surface area contributed by atoms with E-state index in [1.165, 1.54) is 25.3 Å². The maximum atomic E-state index is 13.5. The molecule has 8 heteroatoms. The number of nitrogens with zero attached hydrogens (tertiary/aromatic N) is 6. The Morgan fingerprint density at radius 1 is 1.00 bits per heavy atom. The summed E-state index contributed by atoms with van der Waals surface area (Å²) in [7, 11) is 0. The van der Waals surface area contributed by atoms with Crippen LogP contribution in [-0.4, -0.2) is 95.5 Å². The normalized spacial score (nSPS) is 20.7. The number of aryl methyl sites for hydroxylation is 1. The molecule has 0 bridgehead atoms. The van der Waals surface area contributed by atoms with Gasteiger partial charge >= 0.3 is 0 Å². The van der Waals surface area contributed by atoms with Crippen LogP contribution in [0.5, 0.6) is 0 Å². The molecule has 7 nitrogen and oxygen atoms in total. The van der Waals surface area contributed by atoms with E-state index in [4.69, 9.17) is 0 Å². The van der Waals surface area contributed by atoms with E-state index in [0.29, 0.717) is 12.1 Å². The molecule has 0 spiro atoms. The van der Waals surface area contributed by atoms with Crippen molar-refractivity contribution >= 4 is 11.7 Å². The average Bonchev–Trinajstić information content (AvgIpc) is 2.81. The minimum absolute atomic E-state index is 0.212. The van der Waals surface area contributed by atoms with E-state index in [9.17, 15) is 9.18 Å². The summed E-state index contributed by atoms with van der Waals surface area (Å²) in [6, 6.07) is 5.76. The molecule has 0 N–H and O–H groups in total. The van der Waals surface area contributed by atoms with E-state index in [-0.39, 0.29) is 11.7 Å². The van der Waals surface area contributed by atoms with Crippen LogP contribution in [0.1, 0.15) is 24.8 Å². The minimum Gasteiger partial charge on any atom is -0.353 e. The predicted molar refractivity (Wildman–Crippen MR) is 127 cm³/mol. The Morgan fingerprint density at radius 3 is 2.36 bits per heavy atom. The number of carbonyl (C=O) groups excluding carboxylic acids is 1. The monoisotopic (exact) mass is 452 g/mol. The van der Waals surface area contributed by atoms with Crippen LogP contribution in [0, 0.1) is 12.7 Å². The highest BCUT2D eigenvalue weighted by atomic mass is 19.1. The highest BCUT2D eigenvalue weighted by Crippen LogP contribution is 2.25. The fourth-order valence-corrected chi connectivity index (χ4v) is 4.95. The third-order valence-corrected chi connectivity index (χ3v) is 7.41. The summed E-state index contributed by atoms with van der Waals surface area (Å²) in [5.74, 6) is 0.890. The molecule has 1 saturated carbocycles. The Balaban J connectivity index is 1.09. The highest BCUT2D eigenvalue weighted by Gasteiger charge is 2.30. The molecule has 2 aliphatic heterocycles. The fraction of sp³-hybridized carbons (Fsp3) is 0.560. The summed E-state index contributed by atoms with van der Waals surface area (Å²) in [5.41, 5.74) is 2.21. The summed E-state index contributed by atoms with van der Waals surface area (Å²) in [6.45, 7) is 9.37. The summed E-state index contributed by atoms with van der Waals surface area (Å²) in [4.78, 5) is 31.0. The largest absolute Gasteiger partial charge is 0.353 e. The van der Waals surface area contributed by atoms with Crippen molar-refractivity contribution in [3.8, 4) is 11.3 Å². The number of amides is 1. The molecule has 1 aromatic carbocycles. The molecule has 2 saturated heterocycles. The SMILES string of the molecule is Cc1cc(-c2cnc(N3CCN(CC(=O)N4CCN(C5CCC5)CC4)CC3)cn2)ccc1F. The van der Waals surface area contributed by atoms with Gasteiger partial charge in [-0.05, 0) is 43.5 Å². The number of anilines is 1. The molecule has 33 heavy (non-hydrogen) atoms. The first-order valence-corrected chi connectivity index (χ1v) is 12.1. The molecule has 5 rings (SSSR count). The van der Waals surface area contributed by atoms with Gasteiger partial charge < -0.3 is 9.80 Å². The number of piperazine rings is 2. The van der Waals surface area contributed by atoms with E-state index in [0.717, 1.165) is 75.5 Å². The maximum absolute atomic E-state index is 13.5. The first kappa shape index (κ1) is 22.2. The smallest absolute Gasteiger partial charge is 0.236 e. The molecule has 3 fully saturated rings. The fourth-order valence-electron chi connectivity index (χ4n) is 4.95. The number of benzene rings is 1. The van der Waals surface area contributed by atoms with Crippen molar-refractivity contribution in [2.45, 2.75) is 32.2 Å². The zero-order chi connectivity index (χ0) is 22.8.